The molecule has 0 saturated heterocycles. The lowest BCUT2D eigenvalue weighted by Gasteiger charge is -2.27. The Morgan fingerprint density at radius 3 is 2.16 bits per heavy atom. The summed E-state index contributed by atoms with van der Waals surface area (Å²) in [4.78, 5) is 13.1. The second kappa shape index (κ2) is 6.26. The summed E-state index contributed by atoms with van der Waals surface area (Å²) in [6.45, 7) is 1.93. The summed E-state index contributed by atoms with van der Waals surface area (Å²) in [5.41, 5.74) is 3.37. The molecule has 0 aliphatic carbocycles. The van der Waals surface area contributed by atoms with Crippen LogP contribution in [0.3, 0.4) is 0 Å². The molecular weight excluding hydrogens is 334 g/mol. The Morgan fingerprint density at radius 2 is 1.56 bits per heavy atom. The lowest BCUT2D eigenvalue weighted by atomic mass is 9.87. The van der Waals surface area contributed by atoms with Crippen LogP contribution in [-0.2, 0) is 4.79 Å². The average Bonchev–Trinajstić information content (AvgIpc) is 2.62. The van der Waals surface area contributed by atoms with E-state index in [-0.39, 0.29) is 5.91 Å². The summed E-state index contributed by atoms with van der Waals surface area (Å²) >= 11 is 6.17. The number of halogens is 1. The van der Waals surface area contributed by atoms with Gasteiger partial charge in [-0.25, -0.2) is 0 Å². The number of ether oxygens (including phenoxy) is 1. The molecule has 3 aromatic rings. The summed E-state index contributed by atoms with van der Waals surface area (Å²) in [7, 11) is 0. The standard InChI is InChI=1S/C21H16ClNO2/c1-13-10-11-14(12-17(13)22)23-21(24)20-15-6-2-4-8-18(15)25-19-9-5-3-7-16(19)20/h2-12,20H,1H3,(H,23,24). The minimum absolute atomic E-state index is 0.108. The van der Waals surface area contributed by atoms with Crippen molar-refractivity contribution >= 4 is 23.2 Å². The third kappa shape index (κ3) is 2.87. The number of para-hydroxylation sites is 2. The van der Waals surface area contributed by atoms with E-state index in [0.717, 1.165) is 16.7 Å². The molecule has 1 N–H and O–H groups in total. The first-order valence-electron chi connectivity index (χ1n) is 8.06. The highest BCUT2D eigenvalue weighted by atomic mass is 35.5. The normalized spacial score (nSPS) is 12.7. The van der Waals surface area contributed by atoms with Crippen molar-refractivity contribution in [2.45, 2.75) is 12.8 Å². The van der Waals surface area contributed by atoms with Crippen LogP contribution in [0.4, 0.5) is 5.69 Å². The van der Waals surface area contributed by atoms with E-state index < -0.39 is 5.92 Å². The van der Waals surface area contributed by atoms with Crippen LogP contribution in [0.1, 0.15) is 22.6 Å². The number of hydrogen-bond donors (Lipinski definition) is 1. The second-order valence-electron chi connectivity index (χ2n) is 6.06. The molecule has 0 saturated carbocycles. The van der Waals surface area contributed by atoms with E-state index in [0.29, 0.717) is 22.2 Å². The summed E-state index contributed by atoms with van der Waals surface area (Å²) in [6.07, 6.45) is 0. The van der Waals surface area contributed by atoms with Gasteiger partial charge in [0.1, 0.15) is 11.5 Å². The van der Waals surface area contributed by atoms with Crippen LogP contribution >= 0.6 is 11.6 Å². The van der Waals surface area contributed by atoms with Crippen LogP contribution < -0.4 is 10.1 Å². The number of carbonyl (C=O) groups is 1. The fraction of sp³-hybridized carbons (Fsp3) is 0.0952. The highest BCUT2D eigenvalue weighted by molar-refractivity contribution is 6.31. The fourth-order valence-corrected chi connectivity index (χ4v) is 3.26. The van der Waals surface area contributed by atoms with Gasteiger partial charge in [-0.05, 0) is 36.8 Å². The minimum atomic E-state index is -0.429. The third-order valence-corrected chi connectivity index (χ3v) is 4.79. The van der Waals surface area contributed by atoms with Gasteiger partial charge < -0.3 is 10.1 Å². The minimum Gasteiger partial charge on any atom is -0.457 e. The predicted molar refractivity (Wildman–Crippen MR) is 99.6 cm³/mol. The number of anilines is 1. The van der Waals surface area contributed by atoms with Crippen molar-refractivity contribution in [3.63, 3.8) is 0 Å². The van der Waals surface area contributed by atoms with Crippen molar-refractivity contribution in [1.82, 2.24) is 0 Å². The molecule has 25 heavy (non-hydrogen) atoms. The van der Waals surface area contributed by atoms with E-state index in [1.165, 1.54) is 0 Å². The number of amides is 1. The lowest BCUT2D eigenvalue weighted by Crippen LogP contribution is -2.25. The first-order valence-corrected chi connectivity index (χ1v) is 8.44. The van der Waals surface area contributed by atoms with Crippen LogP contribution in [0.25, 0.3) is 0 Å². The van der Waals surface area contributed by atoms with E-state index in [4.69, 9.17) is 16.3 Å². The van der Waals surface area contributed by atoms with Gasteiger partial charge in [-0.3, -0.25) is 4.79 Å². The van der Waals surface area contributed by atoms with Gasteiger partial charge in [0.2, 0.25) is 5.91 Å². The first kappa shape index (κ1) is 15.7. The van der Waals surface area contributed by atoms with Crippen LogP contribution in [0.15, 0.2) is 66.7 Å². The highest BCUT2D eigenvalue weighted by Gasteiger charge is 2.32. The van der Waals surface area contributed by atoms with E-state index in [2.05, 4.69) is 5.32 Å². The Labute approximate surface area is 151 Å². The molecule has 0 atom stereocenters. The zero-order valence-electron chi connectivity index (χ0n) is 13.6. The van der Waals surface area contributed by atoms with Crippen molar-refractivity contribution < 1.29 is 9.53 Å². The summed E-state index contributed by atoms with van der Waals surface area (Å²) in [5, 5.41) is 3.61. The van der Waals surface area contributed by atoms with Crippen LogP contribution in [0.5, 0.6) is 11.5 Å². The van der Waals surface area contributed by atoms with Crippen molar-refractivity contribution in [1.29, 1.82) is 0 Å². The van der Waals surface area contributed by atoms with Crippen molar-refractivity contribution in [3.05, 3.63) is 88.4 Å². The van der Waals surface area contributed by atoms with Crippen LogP contribution in [0.2, 0.25) is 5.02 Å². The smallest absolute Gasteiger partial charge is 0.236 e. The number of nitrogens with one attached hydrogen (secondary N) is 1. The number of fused-ring (bicyclic) bond motifs is 2. The van der Waals surface area contributed by atoms with Gasteiger partial charge in [0.05, 0.1) is 5.92 Å². The molecule has 0 aromatic heterocycles. The molecule has 0 bridgehead atoms. The molecule has 0 radical (unpaired) electrons. The highest BCUT2D eigenvalue weighted by Crippen LogP contribution is 2.44. The molecule has 0 fully saturated rings. The number of rotatable bonds is 2. The molecule has 1 aliphatic heterocycles. The van der Waals surface area contributed by atoms with Crippen molar-refractivity contribution in [2.75, 3.05) is 5.32 Å². The molecule has 0 unspecified atom stereocenters. The van der Waals surface area contributed by atoms with Gasteiger partial charge in [-0.1, -0.05) is 54.1 Å². The molecule has 0 spiro atoms. The molecule has 1 aliphatic rings. The van der Waals surface area contributed by atoms with Crippen molar-refractivity contribution in [3.8, 4) is 11.5 Å². The zero-order valence-corrected chi connectivity index (χ0v) is 14.4. The van der Waals surface area contributed by atoms with Gasteiger partial charge in [-0.15, -0.1) is 0 Å². The number of carbonyl (C=O) groups excluding carboxylic acids is 1. The maximum atomic E-state index is 13.1. The van der Waals surface area contributed by atoms with E-state index >= 15 is 0 Å². The van der Waals surface area contributed by atoms with Gasteiger partial charge in [0.25, 0.3) is 0 Å². The molecule has 4 heteroatoms. The predicted octanol–water partition coefficient (Wildman–Crippen LogP) is 5.52. The fourth-order valence-electron chi connectivity index (χ4n) is 3.08. The summed E-state index contributed by atoms with van der Waals surface area (Å²) in [6, 6.07) is 20.8. The Kier molecular flexibility index (Phi) is 3.94. The Hall–Kier alpha value is -2.78. The van der Waals surface area contributed by atoms with E-state index in [1.807, 2.05) is 67.6 Å². The maximum Gasteiger partial charge on any atom is 0.236 e. The lowest BCUT2D eigenvalue weighted by molar-refractivity contribution is -0.116. The van der Waals surface area contributed by atoms with E-state index in [1.54, 1.807) is 6.07 Å². The molecule has 4 rings (SSSR count). The Morgan fingerprint density at radius 1 is 0.960 bits per heavy atom. The van der Waals surface area contributed by atoms with Gasteiger partial charge in [-0.2, -0.15) is 0 Å². The molecule has 1 heterocycles. The number of benzene rings is 3. The van der Waals surface area contributed by atoms with Crippen LogP contribution in [-0.4, -0.2) is 5.91 Å². The monoisotopic (exact) mass is 349 g/mol. The SMILES string of the molecule is Cc1ccc(NC(=O)C2c3ccccc3Oc3ccccc32)cc1Cl. The van der Waals surface area contributed by atoms with Gasteiger partial charge in [0.15, 0.2) is 0 Å². The Balaban J connectivity index is 1.73. The number of aryl methyl sites for hydroxylation is 1. The molecule has 124 valence electrons. The van der Waals surface area contributed by atoms with E-state index in [9.17, 15) is 4.79 Å². The maximum absolute atomic E-state index is 13.1. The summed E-state index contributed by atoms with van der Waals surface area (Å²) < 4.78 is 5.94. The average molecular weight is 350 g/mol. The topological polar surface area (TPSA) is 38.3 Å². The summed E-state index contributed by atoms with van der Waals surface area (Å²) in [5.74, 6) is 0.885. The quantitative estimate of drug-likeness (QED) is 0.661. The van der Waals surface area contributed by atoms with Gasteiger partial charge in [0, 0.05) is 21.8 Å². The first-order chi connectivity index (χ1) is 12.1. The largest absolute Gasteiger partial charge is 0.457 e. The molecule has 1 amide bonds. The molecular formula is C21H16ClNO2. The molecule has 3 nitrogen and oxygen atoms in total. The molecule has 3 aromatic carbocycles. The Bertz CT molecular complexity index is 922. The number of hydrogen-bond acceptors (Lipinski definition) is 2. The zero-order chi connectivity index (χ0) is 17.4. The van der Waals surface area contributed by atoms with Crippen molar-refractivity contribution in [2.24, 2.45) is 0 Å². The third-order valence-electron chi connectivity index (χ3n) is 4.38. The van der Waals surface area contributed by atoms with Crippen LogP contribution in [0, 0.1) is 6.92 Å². The second-order valence-corrected chi connectivity index (χ2v) is 6.47. The van der Waals surface area contributed by atoms with Gasteiger partial charge >= 0.3 is 0 Å².